The van der Waals surface area contributed by atoms with Crippen LogP contribution in [0.3, 0.4) is 0 Å². The van der Waals surface area contributed by atoms with Gasteiger partial charge in [-0.25, -0.2) is 0 Å². The number of nitriles is 1. The number of nitrogens with one attached hydrogen (secondary N) is 1. The van der Waals surface area contributed by atoms with Crippen molar-refractivity contribution < 1.29 is 9.53 Å². The molecule has 0 unspecified atom stereocenters. The molecule has 0 aliphatic heterocycles. The molecule has 0 spiro atoms. The SMILES string of the molecule is N#Cc1cccc(OCC(=O)Nc2ccccc2N)c1. The fraction of sp³-hybridized carbons (Fsp3) is 0.0667. The summed E-state index contributed by atoms with van der Waals surface area (Å²) in [5.74, 6) is 0.158. The van der Waals surface area contributed by atoms with Crippen molar-refractivity contribution in [3.8, 4) is 11.8 Å². The quantitative estimate of drug-likeness (QED) is 0.831. The average Bonchev–Trinajstić information content (AvgIpc) is 2.48. The summed E-state index contributed by atoms with van der Waals surface area (Å²) in [6.07, 6.45) is 0. The van der Waals surface area contributed by atoms with Gasteiger partial charge in [-0.15, -0.1) is 0 Å². The van der Waals surface area contributed by atoms with E-state index in [0.717, 1.165) is 0 Å². The van der Waals surface area contributed by atoms with E-state index in [9.17, 15) is 4.79 Å². The number of hydrogen-bond donors (Lipinski definition) is 2. The van der Waals surface area contributed by atoms with Crippen LogP contribution in [0.15, 0.2) is 48.5 Å². The lowest BCUT2D eigenvalue weighted by molar-refractivity contribution is -0.118. The van der Waals surface area contributed by atoms with E-state index in [1.54, 1.807) is 48.5 Å². The highest BCUT2D eigenvalue weighted by Crippen LogP contribution is 2.17. The lowest BCUT2D eigenvalue weighted by Crippen LogP contribution is -2.20. The molecular weight excluding hydrogens is 254 g/mol. The van der Waals surface area contributed by atoms with Crippen LogP contribution >= 0.6 is 0 Å². The standard InChI is InChI=1S/C15H13N3O2/c16-9-11-4-3-5-12(8-11)20-10-15(19)18-14-7-2-1-6-13(14)17/h1-8H,10,17H2,(H,18,19). The molecule has 20 heavy (non-hydrogen) atoms. The molecule has 2 aromatic rings. The molecule has 0 aromatic heterocycles. The number of anilines is 2. The maximum Gasteiger partial charge on any atom is 0.262 e. The maximum atomic E-state index is 11.7. The molecule has 0 atom stereocenters. The van der Waals surface area contributed by atoms with Crippen molar-refractivity contribution in [2.75, 3.05) is 17.7 Å². The summed E-state index contributed by atoms with van der Waals surface area (Å²) in [6.45, 7) is -0.150. The van der Waals surface area contributed by atoms with Gasteiger partial charge >= 0.3 is 0 Å². The number of rotatable bonds is 4. The van der Waals surface area contributed by atoms with Crippen LogP contribution in [-0.4, -0.2) is 12.5 Å². The van der Waals surface area contributed by atoms with Gasteiger partial charge in [0.2, 0.25) is 0 Å². The third-order valence-electron chi connectivity index (χ3n) is 2.57. The van der Waals surface area contributed by atoms with Crippen molar-refractivity contribution in [1.29, 1.82) is 5.26 Å². The predicted molar refractivity (Wildman–Crippen MR) is 76.1 cm³/mol. The highest BCUT2D eigenvalue weighted by molar-refractivity contribution is 5.94. The zero-order valence-corrected chi connectivity index (χ0v) is 10.7. The minimum absolute atomic E-state index is 0.150. The first-order valence-corrected chi connectivity index (χ1v) is 5.96. The fourth-order valence-electron chi connectivity index (χ4n) is 1.60. The van der Waals surface area contributed by atoms with Crippen LogP contribution in [0.2, 0.25) is 0 Å². The number of nitrogens with two attached hydrogens (primary N) is 1. The number of benzene rings is 2. The Morgan fingerprint density at radius 1 is 1.25 bits per heavy atom. The molecule has 5 heteroatoms. The number of para-hydroxylation sites is 2. The molecule has 100 valence electrons. The van der Waals surface area contributed by atoms with Gasteiger partial charge in [-0.2, -0.15) is 5.26 Å². The highest BCUT2D eigenvalue weighted by atomic mass is 16.5. The van der Waals surface area contributed by atoms with Gasteiger partial charge in [0.05, 0.1) is 23.0 Å². The monoisotopic (exact) mass is 267 g/mol. The third kappa shape index (κ3) is 3.50. The van der Waals surface area contributed by atoms with Crippen molar-refractivity contribution in [2.24, 2.45) is 0 Å². The molecule has 1 amide bonds. The van der Waals surface area contributed by atoms with Crippen LogP contribution in [0, 0.1) is 11.3 Å². The summed E-state index contributed by atoms with van der Waals surface area (Å²) in [6, 6.07) is 15.6. The van der Waals surface area contributed by atoms with E-state index in [1.165, 1.54) is 0 Å². The van der Waals surface area contributed by atoms with Gasteiger partial charge in [-0.05, 0) is 30.3 Å². The average molecular weight is 267 g/mol. The molecular formula is C15H13N3O2. The van der Waals surface area contributed by atoms with Gasteiger partial charge in [-0.3, -0.25) is 4.79 Å². The zero-order valence-electron chi connectivity index (χ0n) is 10.7. The second-order valence-corrected chi connectivity index (χ2v) is 4.06. The van der Waals surface area contributed by atoms with Crippen molar-refractivity contribution in [2.45, 2.75) is 0 Å². The van der Waals surface area contributed by atoms with E-state index in [2.05, 4.69) is 5.32 Å². The molecule has 0 saturated heterocycles. The lowest BCUT2D eigenvalue weighted by Gasteiger charge is -2.09. The Morgan fingerprint density at radius 3 is 2.80 bits per heavy atom. The summed E-state index contributed by atoms with van der Waals surface area (Å²) in [5.41, 5.74) is 7.25. The molecule has 0 bridgehead atoms. The summed E-state index contributed by atoms with van der Waals surface area (Å²) >= 11 is 0. The molecule has 0 heterocycles. The van der Waals surface area contributed by atoms with Gasteiger partial charge in [0.25, 0.3) is 5.91 Å². The Labute approximate surface area is 116 Å². The maximum absolute atomic E-state index is 11.7. The van der Waals surface area contributed by atoms with Crippen molar-refractivity contribution in [3.63, 3.8) is 0 Å². The van der Waals surface area contributed by atoms with Gasteiger partial charge < -0.3 is 15.8 Å². The molecule has 0 fully saturated rings. The van der Waals surface area contributed by atoms with Crippen LogP contribution < -0.4 is 15.8 Å². The smallest absolute Gasteiger partial charge is 0.262 e. The minimum atomic E-state index is -0.315. The summed E-state index contributed by atoms with van der Waals surface area (Å²) in [5, 5.41) is 11.4. The molecule has 2 rings (SSSR count). The van der Waals surface area contributed by atoms with Crippen molar-refractivity contribution in [1.82, 2.24) is 0 Å². The van der Waals surface area contributed by atoms with Gasteiger partial charge in [0.15, 0.2) is 6.61 Å². The molecule has 0 aliphatic rings. The molecule has 3 N–H and O–H groups in total. The van der Waals surface area contributed by atoms with E-state index in [4.69, 9.17) is 15.7 Å². The fourth-order valence-corrected chi connectivity index (χ4v) is 1.60. The summed E-state index contributed by atoms with van der Waals surface area (Å²) < 4.78 is 5.32. The Morgan fingerprint density at radius 2 is 2.05 bits per heavy atom. The molecule has 0 radical (unpaired) electrons. The second kappa shape index (κ2) is 6.25. The van der Waals surface area contributed by atoms with Gasteiger partial charge in [0.1, 0.15) is 5.75 Å². The first kappa shape index (κ1) is 13.4. The Bertz CT molecular complexity index is 662. The number of carbonyl (C=O) groups is 1. The second-order valence-electron chi connectivity index (χ2n) is 4.06. The zero-order chi connectivity index (χ0) is 14.4. The Kier molecular flexibility index (Phi) is 4.20. The Balaban J connectivity index is 1.93. The Hall–Kier alpha value is -3.00. The third-order valence-corrected chi connectivity index (χ3v) is 2.57. The molecule has 0 saturated carbocycles. The topological polar surface area (TPSA) is 88.1 Å². The largest absolute Gasteiger partial charge is 0.484 e. The normalized spacial score (nSPS) is 9.55. The van der Waals surface area contributed by atoms with Crippen LogP contribution in [0.5, 0.6) is 5.75 Å². The number of nitrogen functional groups attached to an aromatic ring is 1. The van der Waals surface area contributed by atoms with Crippen LogP contribution in [0.25, 0.3) is 0 Å². The summed E-state index contributed by atoms with van der Waals surface area (Å²) in [7, 11) is 0. The molecule has 0 aliphatic carbocycles. The predicted octanol–water partition coefficient (Wildman–Crippen LogP) is 2.16. The van der Waals surface area contributed by atoms with E-state index in [0.29, 0.717) is 22.7 Å². The first-order chi connectivity index (χ1) is 9.69. The summed E-state index contributed by atoms with van der Waals surface area (Å²) in [4.78, 5) is 11.7. The van der Waals surface area contributed by atoms with Crippen molar-refractivity contribution >= 4 is 17.3 Å². The van der Waals surface area contributed by atoms with Gasteiger partial charge in [0, 0.05) is 0 Å². The van der Waals surface area contributed by atoms with Crippen molar-refractivity contribution in [3.05, 3.63) is 54.1 Å². The van der Waals surface area contributed by atoms with Crippen LogP contribution in [0.1, 0.15) is 5.56 Å². The number of nitrogens with zero attached hydrogens (tertiary/aromatic N) is 1. The highest BCUT2D eigenvalue weighted by Gasteiger charge is 2.06. The number of ether oxygens (including phenoxy) is 1. The van der Waals surface area contributed by atoms with E-state index >= 15 is 0 Å². The van der Waals surface area contributed by atoms with Gasteiger partial charge in [-0.1, -0.05) is 18.2 Å². The van der Waals surface area contributed by atoms with E-state index < -0.39 is 0 Å². The number of carbonyl (C=O) groups excluding carboxylic acids is 1. The van der Waals surface area contributed by atoms with E-state index in [-0.39, 0.29) is 12.5 Å². The van der Waals surface area contributed by atoms with Crippen LogP contribution in [-0.2, 0) is 4.79 Å². The molecule has 5 nitrogen and oxygen atoms in total. The minimum Gasteiger partial charge on any atom is -0.484 e. The number of hydrogen-bond acceptors (Lipinski definition) is 4. The van der Waals surface area contributed by atoms with Crippen LogP contribution in [0.4, 0.5) is 11.4 Å². The lowest BCUT2D eigenvalue weighted by atomic mass is 10.2. The number of amides is 1. The first-order valence-electron chi connectivity index (χ1n) is 5.96. The van der Waals surface area contributed by atoms with E-state index in [1.807, 2.05) is 6.07 Å². The molecule has 2 aromatic carbocycles.